The summed E-state index contributed by atoms with van der Waals surface area (Å²) in [7, 11) is 0. The van der Waals surface area contributed by atoms with Crippen molar-refractivity contribution in [3.8, 4) is 5.75 Å². The molecule has 0 aliphatic heterocycles. The zero-order valence-electron chi connectivity index (χ0n) is 11.7. The molecule has 2 rings (SSSR count). The van der Waals surface area contributed by atoms with Gasteiger partial charge in [-0.2, -0.15) is 0 Å². The minimum absolute atomic E-state index is 0.0106. The average Bonchev–Trinajstić information content (AvgIpc) is 2.37. The van der Waals surface area contributed by atoms with Crippen LogP contribution in [-0.4, -0.2) is 34.9 Å². The number of benzene rings is 1. The van der Waals surface area contributed by atoms with Crippen LogP contribution in [0.15, 0.2) is 18.2 Å². The van der Waals surface area contributed by atoms with E-state index in [2.05, 4.69) is 5.32 Å². The third-order valence-corrected chi connectivity index (χ3v) is 3.81. The maximum atomic E-state index is 10.8. The van der Waals surface area contributed by atoms with Gasteiger partial charge in [-0.1, -0.05) is 6.07 Å². The number of hydrogen-bond donors (Lipinski definition) is 3. The first-order valence-corrected chi connectivity index (χ1v) is 6.96. The topological polar surface area (TPSA) is 78.8 Å². The monoisotopic (exact) mass is 279 g/mol. The van der Waals surface area contributed by atoms with Gasteiger partial charge in [0.25, 0.3) is 0 Å². The quantitative estimate of drug-likeness (QED) is 0.712. The summed E-state index contributed by atoms with van der Waals surface area (Å²) >= 11 is 0. The molecule has 0 atom stereocenters. The molecule has 110 valence electrons. The van der Waals surface area contributed by atoms with E-state index >= 15 is 0 Å². The molecule has 1 aromatic carbocycles. The van der Waals surface area contributed by atoms with E-state index < -0.39 is 5.97 Å². The molecule has 0 spiro atoms. The number of phenolic OH excluding ortho intramolecular Hbond substituents is 1. The van der Waals surface area contributed by atoms with Gasteiger partial charge in [-0.15, -0.1) is 0 Å². The van der Waals surface area contributed by atoms with Crippen molar-refractivity contribution >= 4 is 5.97 Å². The first-order valence-electron chi connectivity index (χ1n) is 6.96. The van der Waals surface area contributed by atoms with Crippen LogP contribution in [0.4, 0.5) is 0 Å². The Labute approximate surface area is 118 Å². The molecule has 0 aromatic heterocycles. The average molecular weight is 279 g/mol. The lowest BCUT2D eigenvalue weighted by atomic mass is 9.80. The summed E-state index contributed by atoms with van der Waals surface area (Å²) in [6.07, 6.45) is 3.33. The highest BCUT2D eigenvalue weighted by atomic mass is 16.5. The largest absolute Gasteiger partial charge is 0.508 e. The van der Waals surface area contributed by atoms with E-state index in [1.807, 2.05) is 6.92 Å². The van der Waals surface area contributed by atoms with Crippen molar-refractivity contribution in [1.82, 2.24) is 5.32 Å². The number of nitrogens with one attached hydrogen (secondary N) is 1. The Morgan fingerprint density at radius 3 is 2.70 bits per heavy atom. The van der Waals surface area contributed by atoms with Crippen molar-refractivity contribution in [3.05, 3.63) is 29.3 Å². The van der Waals surface area contributed by atoms with E-state index in [4.69, 9.17) is 9.84 Å². The Kier molecular flexibility index (Phi) is 4.62. The third kappa shape index (κ3) is 3.29. The molecule has 20 heavy (non-hydrogen) atoms. The Hall–Kier alpha value is -1.59. The molecule has 0 heterocycles. The van der Waals surface area contributed by atoms with E-state index in [0.717, 1.165) is 19.4 Å². The second-order valence-corrected chi connectivity index (χ2v) is 5.22. The molecule has 1 saturated carbocycles. The number of rotatable bonds is 7. The molecule has 1 fully saturated rings. The van der Waals surface area contributed by atoms with Crippen molar-refractivity contribution in [3.63, 3.8) is 0 Å². The second-order valence-electron chi connectivity index (χ2n) is 5.22. The smallest absolute Gasteiger partial charge is 0.335 e. The van der Waals surface area contributed by atoms with Crippen molar-refractivity contribution in [2.75, 3.05) is 13.2 Å². The van der Waals surface area contributed by atoms with Crippen molar-refractivity contribution in [1.29, 1.82) is 0 Å². The fourth-order valence-electron chi connectivity index (χ4n) is 2.52. The molecule has 0 amide bonds. The molecule has 0 bridgehead atoms. The lowest BCUT2D eigenvalue weighted by Crippen LogP contribution is -2.48. The number of ether oxygens (including phenoxy) is 1. The number of carbonyl (C=O) groups is 1. The maximum Gasteiger partial charge on any atom is 0.335 e. The van der Waals surface area contributed by atoms with Crippen LogP contribution >= 0.6 is 0 Å². The molecular weight excluding hydrogens is 258 g/mol. The lowest BCUT2D eigenvalue weighted by Gasteiger charge is -2.41. The van der Waals surface area contributed by atoms with Crippen LogP contribution in [0.5, 0.6) is 5.75 Å². The molecule has 3 N–H and O–H groups in total. The van der Waals surface area contributed by atoms with E-state index in [-0.39, 0.29) is 16.9 Å². The van der Waals surface area contributed by atoms with E-state index in [1.165, 1.54) is 18.6 Å². The van der Waals surface area contributed by atoms with Gasteiger partial charge in [-0.05, 0) is 38.3 Å². The molecule has 1 aliphatic rings. The number of carboxylic acids is 1. The van der Waals surface area contributed by atoms with Gasteiger partial charge in [-0.3, -0.25) is 0 Å². The molecule has 5 nitrogen and oxygen atoms in total. The van der Waals surface area contributed by atoms with E-state index in [9.17, 15) is 9.90 Å². The standard InChI is InChI=1S/C15H21NO4/c1-2-20-15(6-3-7-15)10-16-9-12-5-4-11(14(18)19)8-13(12)17/h4-5,8,16-17H,2-3,6-7,9-10H2,1H3,(H,18,19). The first kappa shape index (κ1) is 14.8. The third-order valence-electron chi connectivity index (χ3n) is 3.81. The van der Waals surface area contributed by atoms with Gasteiger partial charge in [0.15, 0.2) is 0 Å². The van der Waals surface area contributed by atoms with Crippen LogP contribution in [0.25, 0.3) is 0 Å². The molecule has 5 heteroatoms. The van der Waals surface area contributed by atoms with Gasteiger partial charge in [0, 0.05) is 25.3 Å². The molecule has 1 aromatic rings. The number of phenols is 1. The highest BCUT2D eigenvalue weighted by molar-refractivity contribution is 5.88. The summed E-state index contributed by atoms with van der Waals surface area (Å²) in [4.78, 5) is 10.8. The maximum absolute atomic E-state index is 10.8. The fraction of sp³-hybridized carbons (Fsp3) is 0.533. The van der Waals surface area contributed by atoms with Crippen LogP contribution in [-0.2, 0) is 11.3 Å². The van der Waals surface area contributed by atoms with Crippen LogP contribution < -0.4 is 5.32 Å². The predicted molar refractivity (Wildman–Crippen MR) is 75.0 cm³/mol. The zero-order chi connectivity index (χ0) is 14.6. The predicted octanol–water partition coefficient (Wildman–Crippen LogP) is 2.14. The number of aromatic carboxylic acids is 1. The van der Waals surface area contributed by atoms with Gasteiger partial charge in [0.1, 0.15) is 5.75 Å². The van der Waals surface area contributed by atoms with Gasteiger partial charge >= 0.3 is 5.97 Å². The molecule has 0 saturated heterocycles. The summed E-state index contributed by atoms with van der Waals surface area (Å²) in [5.74, 6) is -1.03. The normalized spacial score (nSPS) is 16.6. The summed E-state index contributed by atoms with van der Waals surface area (Å²) < 4.78 is 5.78. The summed E-state index contributed by atoms with van der Waals surface area (Å²) in [5, 5.41) is 21.9. The number of carboxylic acid groups (broad SMARTS) is 1. The molecule has 0 radical (unpaired) electrons. The van der Waals surface area contributed by atoms with Crippen molar-refractivity contribution in [2.45, 2.75) is 38.3 Å². The second kappa shape index (κ2) is 6.24. The molecule has 0 unspecified atom stereocenters. The minimum atomic E-state index is -1.04. The zero-order valence-corrected chi connectivity index (χ0v) is 11.7. The number of hydrogen-bond acceptors (Lipinski definition) is 4. The SMILES string of the molecule is CCOC1(CNCc2ccc(C(=O)O)cc2O)CCC1. The van der Waals surface area contributed by atoms with Gasteiger partial charge in [0.2, 0.25) is 0 Å². The highest BCUT2D eigenvalue weighted by Crippen LogP contribution is 2.35. The minimum Gasteiger partial charge on any atom is -0.508 e. The van der Waals surface area contributed by atoms with Crippen LogP contribution in [0.2, 0.25) is 0 Å². The van der Waals surface area contributed by atoms with Crippen LogP contribution in [0.3, 0.4) is 0 Å². The van der Waals surface area contributed by atoms with Gasteiger partial charge in [-0.25, -0.2) is 4.79 Å². The molecule has 1 aliphatic carbocycles. The highest BCUT2D eigenvalue weighted by Gasteiger charge is 2.37. The van der Waals surface area contributed by atoms with E-state index in [0.29, 0.717) is 18.7 Å². The Balaban J connectivity index is 1.89. The molecular formula is C15H21NO4. The summed E-state index contributed by atoms with van der Waals surface area (Å²) in [5.41, 5.74) is 0.739. The van der Waals surface area contributed by atoms with E-state index in [1.54, 1.807) is 6.07 Å². The van der Waals surface area contributed by atoms with Crippen molar-refractivity contribution < 1.29 is 19.7 Å². The van der Waals surface area contributed by atoms with Crippen molar-refractivity contribution in [2.24, 2.45) is 0 Å². The summed E-state index contributed by atoms with van der Waals surface area (Å²) in [6, 6.07) is 4.42. The first-order chi connectivity index (χ1) is 9.56. The van der Waals surface area contributed by atoms with Gasteiger partial charge < -0.3 is 20.3 Å². The fourth-order valence-corrected chi connectivity index (χ4v) is 2.52. The summed E-state index contributed by atoms with van der Waals surface area (Å²) in [6.45, 7) is 3.96. The lowest BCUT2D eigenvalue weighted by molar-refractivity contribution is -0.0924. The van der Waals surface area contributed by atoms with Crippen LogP contribution in [0, 0.1) is 0 Å². The van der Waals surface area contributed by atoms with Crippen LogP contribution in [0.1, 0.15) is 42.1 Å². The Morgan fingerprint density at radius 2 is 2.20 bits per heavy atom. The number of aromatic hydroxyl groups is 1. The van der Waals surface area contributed by atoms with Gasteiger partial charge in [0.05, 0.1) is 11.2 Å². The Bertz CT molecular complexity index is 483. The Morgan fingerprint density at radius 1 is 1.45 bits per heavy atom.